The molecule has 0 atom stereocenters. The maximum Gasteiger partial charge on any atom is 0.529 e. The Morgan fingerprint density at radius 2 is 1.70 bits per heavy atom. The molecule has 1 aromatic heterocycles. The lowest BCUT2D eigenvalue weighted by molar-refractivity contribution is -0.537. The molecule has 0 amide bonds. The van der Waals surface area contributed by atoms with Crippen molar-refractivity contribution in [3.63, 3.8) is 0 Å². The van der Waals surface area contributed by atoms with Crippen LogP contribution in [0.3, 0.4) is 0 Å². The van der Waals surface area contributed by atoms with E-state index < -0.39 is 30.2 Å². The van der Waals surface area contributed by atoms with Crippen LogP contribution in [0.5, 0.6) is 0 Å². The smallest absolute Gasteiger partial charge is 0.296 e. The number of aryl methyl sites for hydroxylation is 1. The van der Waals surface area contributed by atoms with Crippen LogP contribution in [0.1, 0.15) is 16.2 Å². The van der Waals surface area contributed by atoms with Gasteiger partial charge in [-0.05, 0) is 6.07 Å². The minimum atomic E-state index is -5.89. The van der Waals surface area contributed by atoms with Crippen LogP contribution in [0, 0.1) is 0 Å². The fourth-order valence-electron chi connectivity index (χ4n) is 1.09. The van der Waals surface area contributed by atoms with Gasteiger partial charge in [0.15, 0.2) is 12.0 Å². The van der Waals surface area contributed by atoms with Gasteiger partial charge in [-0.3, -0.25) is 9.48 Å². The molecule has 0 N–H and O–H groups in total. The van der Waals surface area contributed by atoms with E-state index in [4.69, 9.17) is 0 Å². The molecule has 0 fully saturated rings. The molecule has 1 rings (SSSR count). The predicted molar refractivity (Wildman–Crippen MR) is 45.7 cm³/mol. The van der Waals surface area contributed by atoms with Crippen molar-refractivity contribution < 1.29 is 45.0 Å². The van der Waals surface area contributed by atoms with E-state index in [0.29, 0.717) is 10.7 Å². The average molecular weight is 310 g/mol. The first-order valence-electron chi connectivity index (χ1n) is 4.59. The van der Waals surface area contributed by atoms with Gasteiger partial charge >= 0.3 is 18.8 Å². The molecule has 1 aromatic rings. The second-order valence-electron chi connectivity index (χ2n) is 3.33. The molecule has 20 heavy (non-hydrogen) atoms. The summed E-state index contributed by atoms with van der Waals surface area (Å²) in [5.41, 5.74) is -1.91. The second kappa shape index (κ2) is 5.01. The quantitative estimate of drug-likeness (QED) is 0.476. The maximum atomic E-state index is 13.2. The maximum absolute atomic E-state index is 13.2. The molecule has 0 unspecified atom stereocenters. The third-order valence-electron chi connectivity index (χ3n) is 1.82. The van der Waals surface area contributed by atoms with E-state index in [2.05, 4.69) is 14.6 Å². The molecule has 1 heterocycles. The zero-order valence-electron chi connectivity index (χ0n) is 9.42. The van der Waals surface area contributed by atoms with E-state index in [1.54, 1.807) is 0 Å². The third-order valence-corrected chi connectivity index (χ3v) is 1.82. The fourth-order valence-corrected chi connectivity index (χ4v) is 1.09. The lowest BCUT2D eigenvalue weighted by Gasteiger charge is -2.22. The molecule has 114 valence electrons. The summed E-state index contributed by atoms with van der Waals surface area (Å²) in [5, 5.41) is 2.97. The number of ether oxygens (including phenoxy) is 2. The molecule has 0 saturated heterocycles. The molecule has 0 bridgehead atoms. The standard InChI is InChI=1S/C8H5F7N2O3/c1-17-4(3-18)2-5(16-17)6(9,10)19-8(14,15)20-7(11,12)13/h2-3H,1H3. The molecule has 0 aliphatic rings. The van der Waals surface area contributed by atoms with Gasteiger partial charge < -0.3 is 0 Å². The molecule has 0 saturated carbocycles. The van der Waals surface area contributed by atoms with Crippen molar-refractivity contribution in [2.75, 3.05) is 0 Å². The van der Waals surface area contributed by atoms with Gasteiger partial charge in [-0.2, -0.15) is 18.6 Å². The number of hydrogen-bond acceptors (Lipinski definition) is 4. The summed E-state index contributed by atoms with van der Waals surface area (Å²) in [5.74, 6) is 0. The summed E-state index contributed by atoms with van der Waals surface area (Å²) in [7, 11) is 1.04. The first-order valence-corrected chi connectivity index (χ1v) is 4.59. The largest absolute Gasteiger partial charge is 0.529 e. The minimum Gasteiger partial charge on any atom is -0.296 e. The van der Waals surface area contributed by atoms with Gasteiger partial charge in [0.25, 0.3) is 0 Å². The normalized spacial score (nSPS) is 13.6. The molecule has 0 aliphatic carbocycles. The van der Waals surface area contributed by atoms with Crippen LogP contribution in [0.25, 0.3) is 0 Å². The number of carbonyl (C=O) groups is 1. The number of aldehydes is 1. The van der Waals surface area contributed by atoms with Crippen molar-refractivity contribution in [3.05, 3.63) is 17.5 Å². The van der Waals surface area contributed by atoms with Crippen molar-refractivity contribution >= 4 is 6.29 Å². The lowest BCUT2D eigenvalue weighted by atomic mass is 10.3. The van der Waals surface area contributed by atoms with E-state index in [-0.39, 0.29) is 6.29 Å². The topological polar surface area (TPSA) is 53.4 Å². The van der Waals surface area contributed by atoms with Crippen molar-refractivity contribution in [1.82, 2.24) is 9.78 Å². The third kappa shape index (κ3) is 4.16. The van der Waals surface area contributed by atoms with Gasteiger partial charge in [-0.15, -0.1) is 22.0 Å². The van der Waals surface area contributed by atoms with Gasteiger partial charge in [0.2, 0.25) is 0 Å². The second-order valence-corrected chi connectivity index (χ2v) is 3.33. The van der Waals surface area contributed by atoms with Crippen molar-refractivity contribution in [3.8, 4) is 0 Å². The first kappa shape index (κ1) is 16.4. The number of hydrogen-bond donors (Lipinski definition) is 0. The molecule has 0 aromatic carbocycles. The molecular weight excluding hydrogens is 305 g/mol. The Balaban J connectivity index is 2.95. The van der Waals surface area contributed by atoms with Crippen LogP contribution >= 0.6 is 0 Å². The number of aromatic nitrogens is 2. The highest BCUT2D eigenvalue weighted by molar-refractivity contribution is 5.72. The molecule has 0 spiro atoms. The highest BCUT2D eigenvalue weighted by Gasteiger charge is 2.54. The highest BCUT2D eigenvalue weighted by atomic mass is 19.4. The van der Waals surface area contributed by atoms with Crippen LogP contribution < -0.4 is 0 Å². The number of alkyl halides is 7. The Morgan fingerprint density at radius 3 is 2.10 bits per heavy atom. The van der Waals surface area contributed by atoms with Gasteiger partial charge in [-0.1, -0.05) is 0 Å². The summed E-state index contributed by atoms with van der Waals surface area (Å²) in [6.07, 6.45) is -16.4. The Kier molecular flexibility index (Phi) is 4.10. The summed E-state index contributed by atoms with van der Waals surface area (Å²) in [4.78, 5) is 10.4. The fraction of sp³-hybridized carbons (Fsp3) is 0.500. The van der Waals surface area contributed by atoms with E-state index in [0.717, 1.165) is 7.05 Å². The number of rotatable bonds is 5. The Morgan fingerprint density at radius 1 is 1.15 bits per heavy atom. The Bertz CT molecular complexity index is 497. The minimum absolute atomic E-state index is 0.0803. The van der Waals surface area contributed by atoms with Crippen molar-refractivity contribution in [2.24, 2.45) is 7.05 Å². The van der Waals surface area contributed by atoms with Crippen molar-refractivity contribution in [2.45, 2.75) is 18.8 Å². The number of carbonyl (C=O) groups excluding carboxylic acids is 1. The molecule has 0 aliphatic heterocycles. The summed E-state index contributed by atoms with van der Waals surface area (Å²) < 4.78 is 91.6. The van der Waals surface area contributed by atoms with Gasteiger partial charge in [0.1, 0.15) is 5.69 Å². The van der Waals surface area contributed by atoms with Crippen LogP contribution in [0.15, 0.2) is 6.07 Å². The Hall–Kier alpha value is -1.69. The van der Waals surface area contributed by atoms with Gasteiger partial charge in [0.05, 0.1) is 0 Å². The summed E-state index contributed by atoms with van der Waals surface area (Å²) in [6, 6.07) is 0.372. The van der Waals surface area contributed by atoms with E-state index in [1.165, 1.54) is 0 Å². The SMILES string of the molecule is Cn1nc(C(F)(F)OC(F)(F)OC(F)(F)F)cc1C=O. The molecule has 0 radical (unpaired) electrons. The van der Waals surface area contributed by atoms with Crippen LogP contribution in [0.2, 0.25) is 0 Å². The van der Waals surface area contributed by atoms with Crippen LogP contribution in [-0.4, -0.2) is 28.7 Å². The van der Waals surface area contributed by atoms with Crippen LogP contribution in [0.4, 0.5) is 30.7 Å². The number of nitrogens with zero attached hydrogens (tertiary/aromatic N) is 2. The lowest BCUT2D eigenvalue weighted by Crippen LogP contribution is -2.38. The average Bonchev–Trinajstić information content (AvgIpc) is 2.54. The zero-order valence-corrected chi connectivity index (χ0v) is 9.42. The van der Waals surface area contributed by atoms with Gasteiger partial charge in [0, 0.05) is 7.05 Å². The molecular formula is C8H5F7N2O3. The van der Waals surface area contributed by atoms with E-state index in [1.807, 2.05) is 0 Å². The highest BCUT2D eigenvalue weighted by Crippen LogP contribution is 2.38. The zero-order chi connectivity index (χ0) is 15.8. The predicted octanol–water partition coefficient (Wildman–Crippen LogP) is 2.39. The van der Waals surface area contributed by atoms with Crippen LogP contribution in [-0.2, 0) is 22.6 Å². The van der Waals surface area contributed by atoms with Crippen molar-refractivity contribution in [1.29, 1.82) is 0 Å². The van der Waals surface area contributed by atoms with E-state index >= 15 is 0 Å². The molecule has 5 nitrogen and oxygen atoms in total. The summed E-state index contributed by atoms with van der Waals surface area (Å²) in [6.45, 7) is 0. The van der Waals surface area contributed by atoms with Gasteiger partial charge in [-0.25, -0.2) is 4.74 Å². The van der Waals surface area contributed by atoms with E-state index in [9.17, 15) is 35.5 Å². The monoisotopic (exact) mass is 310 g/mol. The summed E-state index contributed by atoms with van der Waals surface area (Å²) >= 11 is 0. The first-order chi connectivity index (χ1) is 8.86. The molecule has 12 heteroatoms. The number of halogens is 7. The Labute approximate surface area is 105 Å².